The molecule has 8 heteroatoms. The Bertz CT molecular complexity index is 5010. The number of rotatable bonds is 36. The lowest BCUT2D eigenvalue weighted by Gasteiger charge is -2.29. The van der Waals surface area contributed by atoms with Gasteiger partial charge in [-0.05, 0) is 307 Å². The zero-order chi connectivity index (χ0) is 103. The second-order valence-corrected chi connectivity index (χ2v) is 53.1. The standard InChI is InChI=1S/C132H190O8/c1-85(2)44-38-52-133-117-93-59-97-71-111(127(19,20)21)75-101(119(97)135-54-40-46-87(5)6)63-105-79-115(131(31,32)33)80-106(64-102-76-112(128(22,23)24)72-98(120(102)136-55-41-47-88(7)8)60-94(117)68-109(67-93)125(13,14)15)123(105)139-83-91-50-37-51-92(58-91)84-140-124-107-65-103-77-113(129(25,26)27)73-99(121(103)137-56-42-48-89(9)10)61-95-69-110(126(16,17)18)70-96(118(95)134-53-39-45-86(3)4)62-100-74-114(130(28,29)30)78-104(122(100)138-57-43-49-90(11)12)66-108(124)82-116(81-107)132(34,35)36/h37,50-51,58,67-82,85-90H,38-49,52-57,59-66,83-84H2,1-36H3. The third-order valence-corrected chi connectivity index (χ3v) is 28.7. The molecule has 766 valence electrons. The Morgan fingerprint density at radius 1 is 0.179 bits per heavy atom. The number of ether oxygens (including phenoxy) is 8. The Balaban J connectivity index is 1.14. The largest absolute Gasteiger partial charge is 0.493 e. The van der Waals surface area contributed by atoms with Crippen molar-refractivity contribution in [3.05, 3.63) is 266 Å². The lowest BCUT2D eigenvalue weighted by atomic mass is 9.79. The van der Waals surface area contributed by atoms with Crippen LogP contribution in [0, 0.1) is 35.5 Å². The van der Waals surface area contributed by atoms with Gasteiger partial charge in [-0.1, -0.05) is 365 Å². The molecule has 8 nitrogen and oxygen atoms in total. The minimum atomic E-state index is -0.235. The van der Waals surface area contributed by atoms with Crippen molar-refractivity contribution < 1.29 is 37.9 Å². The number of hydrogen-bond donors (Lipinski definition) is 0. The summed E-state index contributed by atoms with van der Waals surface area (Å²) >= 11 is 0. The van der Waals surface area contributed by atoms with Crippen molar-refractivity contribution in [1.82, 2.24) is 0 Å². The molecule has 9 aromatic carbocycles. The molecule has 9 aromatic rings. The lowest BCUT2D eigenvalue weighted by Crippen LogP contribution is -2.18. The predicted octanol–water partition coefficient (Wildman–Crippen LogP) is 35.5. The number of benzene rings is 9. The molecule has 0 aliphatic heterocycles. The average Bonchev–Trinajstić information content (AvgIpc) is 0.759. The van der Waals surface area contributed by atoms with E-state index < -0.39 is 0 Å². The van der Waals surface area contributed by atoms with Gasteiger partial charge in [0.15, 0.2) is 0 Å². The Labute approximate surface area is 853 Å². The third kappa shape index (κ3) is 31.2. The molecule has 0 radical (unpaired) electrons. The van der Waals surface area contributed by atoms with Gasteiger partial charge in [-0.3, -0.25) is 0 Å². The van der Waals surface area contributed by atoms with Crippen LogP contribution < -0.4 is 37.9 Å². The predicted molar refractivity (Wildman–Crippen MR) is 596 cm³/mol. The summed E-state index contributed by atoms with van der Waals surface area (Å²) in [6, 6.07) is 48.9. The fourth-order valence-corrected chi connectivity index (χ4v) is 19.8. The van der Waals surface area contributed by atoms with Crippen LogP contribution in [0.25, 0.3) is 0 Å². The van der Waals surface area contributed by atoms with Crippen molar-refractivity contribution in [2.75, 3.05) is 39.6 Å². The van der Waals surface area contributed by atoms with Crippen molar-refractivity contribution in [3.8, 4) is 46.0 Å². The highest BCUT2D eigenvalue weighted by Crippen LogP contribution is 2.50. The SMILES string of the molecule is CC(C)CCCOc1c2cc(C(C)(C)C)cc1Cc1cc(C(C)(C)C)cc(c1OCCCC(C)C)Cc1cc(C(C)(C)C)cc(c1OCc1cccc(COc3c4cc(C(C)(C)C)cc3Cc3cc(C(C)(C)C)cc(c3OCCCC(C)C)Cc3cc(C(C)(C)C)cc(c3OCCCC(C)C)Cc3cc(C(C)(C)C)cc(c3OCCCC(C)C)C4)c1)Cc1cc(C(C)(C)C)cc(c1OCCCC(C)C)C2. The Morgan fingerprint density at radius 2 is 0.300 bits per heavy atom. The average molecular weight is 1900 g/mol. The van der Waals surface area contributed by atoms with Gasteiger partial charge < -0.3 is 37.9 Å². The summed E-state index contributed by atoms with van der Waals surface area (Å²) in [4.78, 5) is 0. The molecule has 0 spiro atoms. The molecule has 2 aliphatic carbocycles. The molecule has 140 heavy (non-hydrogen) atoms. The summed E-state index contributed by atoms with van der Waals surface area (Å²) in [5.41, 5.74) is 29.5. The van der Waals surface area contributed by atoms with Crippen molar-refractivity contribution in [2.24, 2.45) is 35.5 Å². The first kappa shape index (κ1) is 112. The molecule has 2 aliphatic rings. The van der Waals surface area contributed by atoms with Crippen LogP contribution in [0.3, 0.4) is 0 Å². The van der Waals surface area contributed by atoms with Gasteiger partial charge in [-0.25, -0.2) is 0 Å². The Morgan fingerprint density at radius 3 is 0.414 bits per heavy atom. The molecule has 0 saturated carbocycles. The highest BCUT2D eigenvalue weighted by molar-refractivity contribution is 5.64. The molecule has 0 heterocycles. The summed E-state index contributed by atoms with van der Waals surface area (Å²) in [6.45, 7) is 89.2. The minimum Gasteiger partial charge on any atom is -0.493 e. The quantitative estimate of drug-likeness (QED) is 0.0360. The fourth-order valence-electron chi connectivity index (χ4n) is 19.8. The third-order valence-electron chi connectivity index (χ3n) is 28.7. The Hall–Kier alpha value is -8.62. The van der Waals surface area contributed by atoms with Gasteiger partial charge in [0.05, 0.1) is 39.6 Å². The molecular formula is C132H190O8. The van der Waals surface area contributed by atoms with Crippen LogP contribution in [0.4, 0.5) is 0 Å². The topological polar surface area (TPSA) is 73.8 Å². The van der Waals surface area contributed by atoms with E-state index in [0.717, 1.165) is 156 Å². The fraction of sp³-hybridized carbons (Fsp3) is 0.591. The normalized spacial score (nSPS) is 13.7. The van der Waals surface area contributed by atoms with Crippen LogP contribution in [-0.2, 0) is 108 Å². The zero-order valence-corrected chi connectivity index (χ0v) is 95.1. The van der Waals surface area contributed by atoms with E-state index in [1.54, 1.807) is 0 Å². The number of fused-ring (bicyclic) bond motifs is 16. The molecule has 0 fully saturated rings. The molecule has 0 atom stereocenters. The molecule has 0 aromatic heterocycles. The maximum absolute atomic E-state index is 7.96. The first-order chi connectivity index (χ1) is 65.3. The molecule has 0 unspecified atom stereocenters. The lowest BCUT2D eigenvalue weighted by molar-refractivity contribution is 0.286. The van der Waals surface area contributed by atoms with Crippen molar-refractivity contribution >= 4 is 0 Å². The monoisotopic (exact) mass is 1900 g/mol. The van der Waals surface area contributed by atoms with Gasteiger partial charge in [0, 0.05) is 51.4 Å². The second-order valence-electron chi connectivity index (χ2n) is 53.1. The van der Waals surface area contributed by atoms with Crippen LogP contribution in [0.2, 0.25) is 0 Å². The highest BCUT2D eigenvalue weighted by atomic mass is 16.5. The number of hydrogen-bond acceptors (Lipinski definition) is 8. The Kier molecular flexibility index (Phi) is 37.5. The van der Waals surface area contributed by atoms with Crippen molar-refractivity contribution in [1.29, 1.82) is 0 Å². The summed E-state index contributed by atoms with van der Waals surface area (Å²) in [6.07, 6.45) is 17.0. The van der Waals surface area contributed by atoms with Gasteiger partial charge in [-0.2, -0.15) is 0 Å². The van der Waals surface area contributed by atoms with Crippen molar-refractivity contribution in [2.45, 2.75) is 434 Å². The maximum Gasteiger partial charge on any atom is 0.126 e. The molecular weight excluding hydrogens is 1710 g/mol. The van der Waals surface area contributed by atoms with Crippen molar-refractivity contribution in [3.63, 3.8) is 0 Å². The zero-order valence-electron chi connectivity index (χ0n) is 95.1. The van der Waals surface area contributed by atoms with Gasteiger partial charge in [0.2, 0.25) is 0 Å². The van der Waals surface area contributed by atoms with Crippen LogP contribution in [0.5, 0.6) is 46.0 Å². The van der Waals surface area contributed by atoms with Gasteiger partial charge in [-0.15, -0.1) is 0 Å². The van der Waals surface area contributed by atoms with E-state index in [0.29, 0.717) is 140 Å². The van der Waals surface area contributed by atoms with Gasteiger partial charge >= 0.3 is 0 Å². The highest BCUT2D eigenvalue weighted by Gasteiger charge is 2.35. The molecule has 0 saturated heterocycles. The minimum absolute atomic E-state index is 0.168. The van der Waals surface area contributed by atoms with Crippen LogP contribution >= 0.6 is 0 Å². The van der Waals surface area contributed by atoms with E-state index in [1.165, 1.54) is 111 Å². The van der Waals surface area contributed by atoms with E-state index in [9.17, 15) is 0 Å². The summed E-state index contributed by atoms with van der Waals surface area (Å²) < 4.78 is 61.1. The van der Waals surface area contributed by atoms with Crippen LogP contribution in [0.15, 0.2) is 121 Å². The van der Waals surface area contributed by atoms with E-state index in [4.69, 9.17) is 37.9 Å². The van der Waals surface area contributed by atoms with E-state index in [-0.39, 0.29) is 43.3 Å². The summed E-state index contributed by atoms with van der Waals surface area (Å²) in [7, 11) is 0. The second kappa shape index (κ2) is 47.0. The van der Waals surface area contributed by atoms with E-state index in [2.05, 4.69) is 371 Å². The summed E-state index contributed by atoms with van der Waals surface area (Å²) in [5.74, 6) is 11.0. The van der Waals surface area contributed by atoms with E-state index >= 15 is 0 Å². The van der Waals surface area contributed by atoms with Gasteiger partial charge in [0.25, 0.3) is 0 Å². The molecule has 16 bridgehead atoms. The molecule has 11 rings (SSSR count). The summed E-state index contributed by atoms with van der Waals surface area (Å²) in [5, 5.41) is 0. The molecule has 0 N–H and O–H groups in total. The van der Waals surface area contributed by atoms with E-state index in [1.807, 2.05) is 0 Å². The first-order valence-corrected chi connectivity index (χ1v) is 54.7. The smallest absolute Gasteiger partial charge is 0.126 e. The molecule has 0 amide bonds. The first-order valence-electron chi connectivity index (χ1n) is 54.7. The maximum atomic E-state index is 7.96. The van der Waals surface area contributed by atoms with Gasteiger partial charge in [0.1, 0.15) is 59.2 Å². The van der Waals surface area contributed by atoms with Crippen LogP contribution in [0.1, 0.15) is 471 Å². The van der Waals surface area contributed by atoms with Crippen LogP contribution in [-0.4, -0.2) is 39.6 Å².